The Morgan fingerprint density at radius 1 is 1.25 bits per heavy atom. The number of anilines is 2. The molecule has 2 atom stereocenters. The van der Waals surface area contributed by atoms with Gasteiger partial charge in [0, 0.05) is 28.7 Å². The van der Waals surface area contributed by atoms with Gasteiger partial charge in [0.05, 0.1) is 30.6 Å². The molecule has 9 heteroatoms. The summed E-state index contributed by atoms with van der Waals surface area (Å²) in [5.41, 5.74) is 2.30. The van der Waals surface area contributed by atoms with Crippen LogP contribution in [-0.4, -0.2) is 36.8 Å². The molecule has 3 heterocycles. The largest absolute Gasteiger partial charge is 0.495 e. The minimum atomic E-state index is -0.262. The van der Waals surface area contributed by atoms with Gasteiger partial charge in [0.1, 0.15) is 12.4 Å². The Balaban J connectivity index is 1.77. The van der Waals surface area contributed by atoms with E-state index in [0.717, 1.165) is 11.4 Å². The van der Waals surface area contributed by atoms with Gasteiger partial charge < -0.3 is 25.0 Å². The average molecular weight is 469 g/mol. The fourth-order valence-corrected chi connectivity index (χ4v) is 5.15. The van der Waals surface area contributed by atoms with Crippen molar-refractivity contribution in [3.05, 3.63) is 70.2 Å². The molecule has 1 aliphatic rings. The number of aryl methyl sites for hydroxylation is 1. The van der Waals surface area contributed by atoms with Crippen LogP contribution in [0.2, 0.25) is 0 Å². The number of pyridine rings is 1. The Morgan fingerprint density at radius 2 is 2.09 bits per heavy atom. The standard InChI is InChI=1S/C23H24N4O3S2/c1-14-7-10-19(32-14)22-21(16-6-4-5-11-24-16)26-23(31)27(22)15-8-9-18(30-3)17(12-15)25-20(28)13-29-2/h4-12,21-22H,13H2,1-3H3,(H,25,28)(H,26,31)/t21-,22+/m1/s1. The molecule has 4 rings (SSSR count). The van der Waals surface area contributed by atoms with Crippen molar-refractivity contribution >= 4 is 45.9 Å². The summed E-state index contributed by atoms with van der Waals surface area (Å²) in [7, 11) is 3.05. The highest BCUT2D eigenvalue weighted by atomic mass is 32.1. The summed E-state index contributed by atoms with van der Waals surface area (Å²) < 4.78 is 10.4. The molecule has 3 aromatic rings. The lowest BCUT2D eigenvalue weighted by molar-refractivity contribution is -0.119. The maximum Gasteiger partial charge on any atom is 0.250 e. The minimum Gasteiger partial charge on any atom is -0.495 e. The topological polar surface area (TPSA) is 75.7 Å². The fraction of sp³-hybridized carbons (Fsp3) is 0.261. The van der Waals surface area contributed by atoms with E-state index in [9.17, 15) is 4.79 Å². The summed E-state index contributed by atoms with van der Waals surface area (Å²) in [5, 5.41) is 6.90. The molecule has 166 valence electrons. The van der Waals surface area contributed by atoms with Crippen LogP contribution in [0.15, 0.2) is 54.7 Å². The molecular weight excluding hydrogens is 444 g/mol. The zero-order valence-electron chi connectivity index (χ0n) is 18.0. The molecule has 1 aromatic carbocycles. The summed E-state index contributed by atoms with van der Waals surface area (Å²) in [6.45, 7) is 2.04. The van der Waals surface area contributed by atoms with Crippen molar-refractivity contribution < 1.29 is 14.3 Å². The number of amides is 1. The molecule has 0 bridgehead atoms. The number of nitrogens with one attached hydrogen (secondary N) is 2. The second-order valence-corrected chi connectivity index (χ2v) is 9.02. The second-order valence-electron chi connectivity index (χ2n) is 7.31. The van der Waals surface area contributed by atoms with E-state index < -0.39 is 0 Å². The van der Waals surface area contributed by atoms with Gasteiger partial charge in [0.15, 0.2) is 5.11 Å². The van der Waals surface area contributed by atoms with Crippen LogP contribution >= 0.6 is 23.6 Å². The lowest BCUT2D eigenvalue weighted by atomic mass is 10.0. The van der Waals surface area contributed by atoms with E-state index in [1.165, 1.54) is 16.9 Å². The van der Waals surface area contributed by atoms with Gasteiger partial charge in [-0.05, 0) is 61.6 Å². The molecule has 0 radical (unpaired) electrons. The number of hydrogen-bond donors (Lipinski definition) is 2. The van der Waals surface area contributed by atoms with E-state index in [4.69, 9.17) is 21.7 Å². The highest BCUT2D eigenvalue weighted by Crippen LogP contribution is 2.44. The molecular formula is C23H24N4O3S2. The molecule has 1 saturated heterocycles. The van der Waals surface area contributed by atoms with Crippen LogP contribution in [0.5, 0.6) is 5.75 Å². The van der Waals surface area contributed by atoms with Crippen LogP contribution in [-0.2, 0) is 9.53 Å². The summed E-state index contributed by atoms with van der Waals surface area (Å²) >= 11 is 7.50. The number of aromatic nitrogens is 1. The van der Waals surface area contributed by atoms with Gasteiger partial charge in [-0.2, -0.15) is 0 Å². The van der Waals surface area contributed by atoms with Crippen molar-refractivity contribution in [3.8, 4) is 5.75 Å². The lowest BCUT2D eigenvalue weighted by Gasteiger charge is -2.27. The molecule has 7 nitrogen and oxygen atoms in total. The third kappa shape index (κ3) is 4.45. The van der Waals surface area contributed by atoms with Crippen LogP contribution < -0.4 is 20.3 Å². The Kier molecular flexibility index (Phi) is 6.69. The fourth-order valence-electron chi connectivity index (χ4n) is 3.80. The number of nitrogens with zero attached hydrogens (tertiary/aromatic N) is 2. The molecule has 0 saturated carbocycles. The first-order valence-corrected chi connectivity index (χ1v) is 11.3. The minimum absolute atomic E-state index is 0.0457. The molecule has 32 heavy (non-hydrogen) atoms. The van der Waals surface area contributed by atoms with Gasteiger partial charge in [0.25, 0.3) is 0 Å². The number of thiocarbonyl (C=S) groups is 1. The quantitative estimate of drug-likeness (QED) is 0.503. The zero-order chi connectivity index (χ0) is 22.7. The number of thiophene rings is 1. The second kappa shape index (κ2) is 9.64. The first-order chi connectivity index (χ1) is 15.5. The van der Waals surface area contributed by atoms with Crippen molar-refractivity contribution in [1.29, 1.82) is 0 Å². The predicted molar refractivity (Wildman–Crippen MR) is 130 cm³/mol. The van der Waals surface area contributed by atoms with Gasteiger partial charge >= 0.3 is 0 Å². The summed E-state index contributed by atoms with van der Waals surface area (Å²) in [4.78, 5) is 21.2. The van der Waals surface area contributed by atoms with E-state index >= 15 is 0 Å². The Hall–Kier alpha value is -3.01. The van der Waals surface area contributed by atoms with Crippen molar-refractivity contribution in [3.63, 3.8) is 0 Å². The molecule has 1 fully saturated rings. The van der Waals surface area contributed by atoms with Crippen molar-refractivity contribution in [2.75, 3.05) is 31.0 Å². The van der Waals surface area contributed by atoms with Gasteiger partial charge in [-0.1, -0.05) is 6.07 Å². The number of benzene rings is 1. The number of rotatable bonds is 7. The van der Waals surface area contributed by atoms with E-state index in [1.54, 1.807) is 24.6 Å². The van der Waals surface area contributed by atoms with Crippen LogP contribution in [0.1, 0.15) is 27.5 Å². The van der Waals surface area contributed by atoms with Crippen molar-refractivity contribution in [1.82, 2.24) is 10.3 Å². The van der Waals surface area contributed by atoms with E-state index in [2.05, 4.69) is 39.6 Å². The highest BCUT2D eigenvalue weighted by molar-refractivity contribution is 7.80. The third-order valence-electron chi connectivity index (χ3n) is 5.16. The third-order valence-corrected chi connectivity index (χ3v) is 6.55. The van der Waals surface area contributed by atoms with E-state index in [-0.39, 0.29) is 24.6 Å². The number of carbonyl (C=O) groups is 1. The summed E-state index contributed by atoms with van der Waals surface area (Å²) in [5.74, 6) is 0.294. The number of methoxy groups -OCH3 is 2. The van der Waals surface area contributed by atoms with Gasteiger partial charge in [0.2, 0.25) is 5.91 Å². The van der Waals surface area contributed by atoms with Gasteiger partial charge in [-0.3, -0.25) is 9.78 Å². The predicted octanol–water partition coefficient (Wildman–Crippen LogP) is 4.22. The normalized spacial score (nSPS) is 17.8. The lowest BCUT2D eigenvalue weighted by Crippen LogP contribution is -2.29. The van der Waals surface area contributed by atoms with Crippen LogP contribution in [0.25, 0.3) is 0 Å². The molecule has 2 N–H and O–H groups in total. The van der Waals surface area contributed by atoms with Gasteiger partial charge in [-0.15, -0.1) is 11.3 Å². The molecule has 1 amide bonds. The monoisotopic (exact) mass is 468 g/mol. The summed E-state index contributed by atoms with van der Waals surface area (Å²) in [6, 6.07) is 15.5. The average Bonchev–Trinajstić information content (AvgIpc) is 3.37. The first-order valence-electron chi connectivity index (χ1n) is 10.1. The Bertz CT molecular complexity index is 1120. The SMILES string of the molecule is COCC(=O)Nc1cc(N2C(=S)N[C@H](c3ccccn3)[C@@H]2c2ccc(C)s2)ccc1OC. The smallest absolute Gasteiger partial charge is 0.250 e. The van der Waals surface area contributed by atoms with Gasteiger partial charge in [-0.25, -0.2) is 0 Å². The van der Waals surface area contributed by atoms with Crippen molar-refractivity contribution in [2.45, 2.75) is 19.0 Å². The number of ether oxygens (including phenoxy) is 2. The van der Waals surface area contributed by atoms with Crippen molar-refractivity contribution in [2.24, 2.45) is 0 Å². The zero-order valence-corrected chi connectivity index (χ0v) is 19.6. The molecule has 2 aromatic heterocycles. The molecule has 0 aliphatic carbocycles. The summed E-state index contributed by atoms with van der Waals surface area (Å²) in [6.07, 6.45) is 1.79. The molecule has 1 aliphatic heterocycles. The maximum atomic E-state index is 12.2. The van der Waals surface area contributed by atoms with Crippen LogP contribution in [0.4, 0.5) is 11.4 Å². The van der Waals surface area contributed by atoms with E-state index in [1.807, 2.05) is 36.4 Å². The maximum absolute atomic E-state index is 12.2. The molecule has 0 spiro atoms. The Morgan fingerprint density at radius 3 is 2.75 bits per heavy atom. The molecule has 0 unspecified atom stereocenters. The highest BCUT2D eigenvalue weighted by Gasteiger charge is 2.41. The number of carbonyl (C=O) groups excluding carboxylic acids is 1. The van der Waals surface area contributed by atoms with Crippen LogP contribution in [0.3, 0.4) is 0 Å². The number of hydrogen-bond acceptors (Lipinski definition) is 6. The Labute approximate surface area is 196 Å². The van der Waals surface area contributed by atoms with Crippen LogP contribution in [0, 0.1) is 6.92 Å². The van der Waals surface area contributed by atoms with E-state index in [0.29, 0.717) is 16.5 Å². The first kappa shape index (κ1) is 22.2.